The standard InChI is InChI=1S/C10H13N3O5S/c1-4-5(2)19-10(11-4)13-9(18)12-6(8(16)17)3-7(14)15/h6H,3H2,1-2H3,(H,14,15)(H,16,17)(H2,11,12,13,18)/t6-/m1/s1. The molecule has 0 fully saturated rings. The van der Waals surface area contributed by atoms with Gasteiger partial charge in [0.05, 0.1) is 12.1 Å². The summed E-state index contributed by atoms with van der Waals surface area (Å²) in [7, 11) is 0. The minimum absolute atomic E-state index is 0.326. The van der Waals surface area contributed by atoms with E-state index in [1.165, 1.54) is 11.3 Å². The first-order chi connectivity index (χ1) is 8.79. The molecule has 1 aromatic heterocycles. The van der Waals surface area contributed by atoms with E-state index in [4.69, 9.17) is 10.2 Å². The van der Waals surface area contributed by atoms with Gasteiger partial charge in [0, 0.05) is 4.88 Å². The highest BCUT2D eigenvalue weighted by Gasteiger charge is 2.23. The van der Waals surface area contributed by atoms with Gasteiger partial charge in [-0.3, -0.25) is 10.1 Å². The molecule has 0 saturated heterocycles. The first kappa shape index (κ1) is 14.9. The van der Waals surface area contributed by atoms with Crippen molar-refractivity contribution in [1.29, 1.82) is 0 Å². The van der Waals surface area contributed by atoms with Crippen LogP contribution in [0.4, 0.5) is 9.93 Å². The number of aromatic nitrogens is 1. The summed E-state index contributed by atoms with van der Waals surface area (Å²) in [4.78, 5) is 37.7. The number of aliphatic carboxylic acids is 2. The lowest BCUT2D eigenvalue weighted by Crippen LogP contribution is -2.44. The molecule has 8 nitrogen and oxygen atoms in total. The molecular formula is C10H13N3O5S. The zero-order chi connectivity index (χ0) is 14.6. The number of carboxylic acid groups (broad SMARTS) is 2. The Labute approximate surface area is 112 Å². The van der Waals surface area contributed by atoms with E-state index < -0.39 is 30.4 Å². The largest absolute Gasteiger partial charge is 0.481 e. The maximum atomic E-state index is 11.5. The Balaban J connectivity index is 2.62. The highest BCUT2D eigenvalue weighted by Crippen LogP contribution is 2.20. The van der Waals surface area contributed by atoms with E-state index in [0.29, 0.717) is 5.13 Å². The van der Waals surface area contributed by atoms with Gasteiger partial charge in [-0.25, -0.2) is 14.6 Å². The van der Waals surface area contributed by atoms with E-state index in [1.54, 1.807) is 6.92 Å². The average molecular weight is 287 g/mol. The fraction of sp³-hybridized carbons (Fsp3) is 0.400. The Bertz CT molecular complexity index is 494. The van der Waals surface area contributed by atoms with Gasteiger partial charge in [-0.05, 0) is 13.8 Å². The van der Waals surface area contributed by atoms with Crippen molar-refractivity contribution in [3.63, 3.8) is 0 Å². The van der Waals surface area contributed by atoms with Gasteiger partial charge < -0.3 is 15.5 Å². The Morgan fingerprint density at radius 1 is 1.32 bits per heavy atom. The number of nitrogens with zero attached hydrogens (tertiary/aromatic N) is 1. The summed E-state index contributed by atoms with van der Waals surface area (Å²) in [5.41, 5.74) is 0.764. The molecule has 0 aliphatic rings. The van der Waals surface area contributed by atoms with Gasteiger partial charge in [-0.1, -0.05) is 0 Å². The van der Waals surface area contributed by atoms with E-state index in [-0.39, 0.29) is 0 Å². The predicted octanol–water partition coefficient (Wildman–Crippen LogP) is 0.809. The van der Waals surface area contributed by atoms with E-state index >= 15 is 0 Å². The van der Waals surface area contributed by atoms with Crippen molar-refractivity contribution < 1.29 is 24.6 Å². The number of urea groups is 1. The number of carbonyl (C=O) groups is 3. The number of carboxylic acids is 2. The molecule has 104 valence electrons. The Morgan fingerprint density at radius 2 is 1.95 bits per heavy atom. The molecule has 0 unspecified atom stereocenters. The normalized spacial score (nSPS) is 11.7. The minimum atomic E-state index is -1.49. The minimum Gasteiger partial charge on any atom is -0.481 e. The first-order valence-corrected chi connectivity index (χ1v) is 6.07. The van der Waals surface area contributed by atoms with Gasteiger partial charge in [0.25, 0.3) is 0 Å². The summed E-state index contributed by atoms with van der Waals surface area (Å²) in [6.45, 7) is 3.61. The van der Waals surface area contributed by atoms with Crippen molar-refractivity contribution >= 4 is 34.4 Å². The molecule has 0 aliphatic heterocycles. The van der Waals surface area contributed by atoms with E-state index in [9.17, 15) is 14.4 Å². The van der Waals surface area contributed by atoms with Crippen molar-refractivity contribution in [2.24, 2.45) is 0 Å². The lowest BCUT2D eigenvalue weighted by molar-refractivity contribution is -0.145. The third kappa shape index (κ3) is 4.54. The molecule has 0 bridgehead atoms. The zero-order valence-electron chi connectivity index (χ0n) is 10.3. The summed E-state index contributed by atoms with van der Waals surface area (Å²) in [6, 6.07) is -2.29. The molecule has 4 N–H and O–H groups in total. The molecule has 9 heteroatoms. The lowest BCUT2D eigenvalue weighted by atomic mass is 10.2. The van der Waals surface area contributed by atoms with Crippen LogP contribution in [0.2, 0.25) is 0 Å². The Morgan fingerprint density at radius 3 is 2.37 bits per heavy atom. The van der Waals surface area contributed by atoms with Crippen molar-refractivity contribution in [2.45, 2.75) is 26.3 Å². The highest BCUT2D eigenvalue weighted by molar-refractivity contribution is 7.15. The maximum absolute atomic E-state index is 11.5. The van der Waals surface area contributed by atoms with Gasteiger partial charge in [0.2, 0.25) is 0 Å². The number of amides is 2. The van der Waals surface area contributed by atoms with Crippen molar-refractivity contribution in [3.8, 4) is 0 Å². The van der Waals surface area contributed by atoms with Crippen LogP contribution >= 0.6 is 11.3 Å². The molecule has 1 atom stereocenters. The van der Waals surface area contributed by atoms with Crippen LogP contribution < -0.4 is 10.6 Å². The summed E-state index contributed by atoms with van der Waals surface area (Å²) >= 11 is 1.25. The van der Waals surface area contributed by atoms with Gasteiger partial charge in [0.15, 0.2) is 5.13 Å². The monoisotopic (exact) mass is 287 g/mol. The third-order valence-corrected chi connectivity index (χ3v) is 3.22. The molecule has 0 saturated carbocycles. The van der Waals surface area contributed by atoms with Gasteiger partial charge >= 0.3 is 18.0 Å². The second-order valence-electron chi connectivity index (χ2n) is 3.75. The molecule has 0 radical (unpaired) electrons. The highest BCUT2D eigenvalue weighted by atomic mass is 32.1. The zero-order valence-corrected chi connectivity index (χ0v) is 11.1. The first-order valence-electron chi connectivity index (χ1n) is 5.25. The van der Waals surface area contributed by atoms with Crippen LogP contribution in [-0.4, -0.2) is 39.2 Å². The molecule has 0 spiro atoms. The second-order valence-corrected chi connectivity index (χ2v) is 4.95. The van der Waals surface area contributed by atoms with Crippen molar-refractivity contribution in [2.75, 3.05) is 5.32 Å². The topological polar surface area (TPSA) is 129 Å². The number of thiazole rings is 1. The van der Waals surface area contributed by atoms with Crippen LogP contribution in [0.25, 0.3) is 0 Å². The summed E-state index contributed by atoms with van der Waals surface area (Å²) in [6.07, 6.45) is -0.696. The smallest absolute Gasteiger partial charge is 0.326 e. The van der Waals surface area contributed by atoms with Gasteiger partial charge in [0.1, 0.15) is 6.04 Å². The molecule has 1 rings (SSSR count). The summed E-state index contributed by atoms with van der Waals surface area (Å²) < 4.78 is 0. The van der Waals surface area contributed by atoms with Crippen LogP contribution in [-0.2, 0) is 9.59 Å². The number of nitrogens with one attached hydrogen (secondary N) is 2. The number of rotatable bonds is 5. The number of aryl methyl sites for hydroxylation is 2. The van der Waals surface area contributed by atoms with Crippen LogP contribution in [0.5, 0.6) is 0 Å². The van der Waals surface area contributed by atoms with Crippen molar-refractivity contribution in [1.82, 2.24) is 10.3 Å². The van der Waals surface area contributed by atoms with Crippen molar-refractivity contribution in [3.05, 3.63) is 10.6 Å². The fourth-order valence-corrected chi connectivity index (χ4v) is 2.00. The van der Waals surface area contributed by atoms with Crippen LogP contribution in [0, 0.1) is 13.8 Å². The third-order valence-electron chi connectivity index (χ3n) is 2.23. The van der Waals surface area contributed by atoms with Crippen LogP contribution in [0.3, 0.4) is 0 Å². The summed E-state index contributed by atoms with van der Waals surface area (Å²) in [5, 5.41) is 22.0. The maximum Gasteiger partial charge on any atom is 0.326 e. The molecule has 1 aromatic rings. The Hall–Kier alpha value is -2.16. The average Bonchev–Trinajstić information content (AvgIpc) is 2.55. The molecule has 0 aromatic carbocycles. The van der Waals surface area contributed by atoms with Gasteiger partial charge in [-0.2, -0.15) is 0 Å². The molecular weight excluding hydrogens is 274 g/mol. The second kappa shape index (κ2) is 6.14. The quantitative estimate of drug-likeness (QED) is 0.634. The number of anilines is 1. The molecule has 1 heterocycles. The van der Waals surface area contributed by atoms with E-state index in [1.807, 2.05) is 6.92 Å². The molecule has 19 heavy (non-hydrogen) atoms. The van der Waals surface area contributed by atoms with Crippen LogP contribution in [0.15, 0.2) is 0 Å². The van der Waals surface area contributed by atoms with Crippen LogP contribution in [0.1, 0.15) is 17.0 Å². The SMILES string of the molecule is Cc1nc(NC(=O)N[C@H](CC(=O)O)C(=O)O)sc1C. The molecule has 2 amide bonds. The fourth-order valence-electron chi connectivity index (χ4n) is 1.19. The Kier molecular flexibility index (Phi) is 4.81. The number of hydrogen-bond acceptors (Lipinski definition) is 5. The lowest BCUT2D eigenvalue weighted by Gasteiger charge is -2.11. The predicted molar refractivity (Wildman–Crippen MR) is 67.4 cm³/mol. The van der Waals surface area contributed by atoms with Gasteiger partial charge in [-0.15, -0.1) is 11.3 Å². The summed E-state index contributed by atoms with van der Waals surface area (Å²) in [5.74, 6) is -2.72. The van der Waals surface area contributed by atoms with E-state index in [0.717, 1.165) is 10.6 Å². The number of hydrogen-bond donors (Lipinski definition) is 4. The van der Waals surface area contributed by atoms with E-state index in [2.05, 4.69) is 15.6 Å². The molecule has 0 aliphatic carbocycles. The number of carbonyl (C=O) groups excluding carboxylic acids is 1.